The maximum atomic E-state index is 13.8. The van der Waals surface area contributed by atoms with Crippen LogP contribution >= 0.6 is 0 Å². The number of nitriles is 1. The third kappa shape index (κ3) is 4.51. The van der Waals surface area contributed by atoms with Crippen molar-refractivity contribution in [1.82, 2.24) is 0 Å². The molecule has 0 bridgehead atoms. The van der Waals surface area contributed by atoms with Crippen molar-refractivity contribution in [2.75, 3.05) is 6.61 Å². The van der Waals surface area contributed by atoms with Gasteiger partial charge in [-0.15, -0.1) is 0 Å². The highest BCUT2D eigenvalue weighted by Crippen LogP contribution is 2.29. The molecule has 0 saturated heterocycles. The Morgan fingerprint density at radius 2 is 1.96 bits per heavy atom. The molecule has 0 amide bonds. The van der Waals surface area contributed by atoms with E-state index in [1.54, 1.807) is 0 Å². The molecule has 2 rings (SSSR count). The lowest BCUT2D eigenvalue weighted by atomic mass is 9.87. The second-order valence-electron chi connectivity index (χ2n) is 5.97. The Morgan fingerprint density at radius 3 is 2.58 bits per heavy atom. The van der Waals surface area contributed by atoms with Crippen LogP contribution in [0.2, 0.25) is 0 Å². The van der Waals surface area contributed by atoms with Crippen molar-refractivity contribution in [2.45, 2.75) is 51.6 Å². The van der Waals surface area contributed by atoms with Crippen molar-refractivity contribution in [2.24, 2.45) is 5.92 Å². The first-order chi connectivity index (χ1) is 11.6. The standard InChI is InChI=1S/C18H21F2NO3/c1-2-3-10-23-14-7-4-12(5-8-14)18(22)24-15-9-6-13(11-21)16(19)17(15)20/h6,9,12,14H,2-5,7-8,10H2,1H3/t12-,14-. The molecule has 1 aromatic rings. The Morgan fingerprint density at radius 1 is 1.25 bits per heavy atom. The SMILES string of the molecule is CCCCO[C@H]1CC[C@H](C(=O)Oc2ccc(C#N)c(F)c2F)CC1. The lowest BCUT2D eigenvalue weighted by Crippen LogP contribution is -2.29. The highest BCUT2D eigenvalue weighted by atomic mass is 19.2. The number of hydrogen-bond acceptors (Lipinski definition) is 4. The minimum Gasteiger partial charge on any atom is -0.423 e. The number of unbranched alkanes of at least 4 members (excludes halogenated alkanes) is 1. The molecule has 0 radical (unpaired) electrons. The summed E-state index contributed by atoms with van der Waals surface area (Å²) < 4.78 is 38.1. The van der Waals surface area contributed by atoms with Crippen molar-refractivity contribution >= 4 is 5.97 Å². The van der Waals surface area contributed by atoms with E-state index in [2.05, 4.69) is 6.92 Å². The molecule has 0 aromatic heterocycles. The number of nitrogens with zero attached hydrogens (tertiary/aromatic N) is 1. The van der Waals surface area contributed by atoms with Crippen molar-refractivity contribution in [3.05, 3.63) is 29.3 Å². The molecule has 1 aromatic carbocycles. The zero-order valence-corrected chi connectivity index (χ0v) is 13.7. The molecular formula is C18H21F2NO3. The summed E-state index contributed by atoms with van der Waals surface area (Å²) in [6, 6.07) is 3.74. The Labute approximate surface area is 140 Å². The van der Waals surface area contributed by atoms with Gasteiger partial charge in [-0.05, 0) is 44.2 Å². The minimum absolute atomic E-state index is 0.157. The number of halogens is 2. The monoisotopic (exact) mass is 337 g/mol. The predicted molar refractivity (Wildman–Crippen MR) is 83.3 cm³/mol. The van der Waals surface area contributed by atoms with Crippen molar-refractivity contribution < 1.29 is 23.0 Å². The first-order valence-corrected chi connectivity index (χ1v) is 8.28. The third-order valence-corrected chi connectivity index (χ3v) is 4.24. The zero-order valence-electron chi connectivity index (χ0n) is 13.7. The molecule has 24 heavy (non-hydrogen) atoms. The Balaban J connectivity index is 1.88. The van der Waals surface area contributed by atoms with Crippen LogP contribution in [0, 0.1) is 28.9 Å². The number of rotatable bonds is 6. The van der Waals surface area contributed by atoms with Crippen molar-refractivity contribution in [3.8, 4) is 11.8 Å². The second kappa shape index (κ2) is 8.74. The number of hydrogen-bond donors (Lipinski definition) is 0. The van der Waals surface area contributed by atoms with E-state index in [0.717, 1.165) is 44.4 Å². The molecular weight excluding hydrogens is 316 g/mol. The van der Waals surface area contributed by atoms with Gasteiger partial charge in [0.2, 0.25) is 5.82 Å². The quantitative estimate of drug-likeness (QED) is 0.445. The van der Waals surface area contributed by atoms with Gasteiger partial charge in [-0.3, -0.25) is 4.79 Å². The number of carbonyl (C=O) groups excluding carboxylic acids is 1. The summed E-state index contributed by atoms with van der Waals surface area (Å²) >= 11 is 0. The normalized spacial score (nSPS) is 20.4. The van der Waals surface area contributed by atoms with Crippen LogP contribution in [0.4, 0.5) is 8.78 Å². The summed E-state index contributed by atoms with van der Waals surface area (Å²) in [7, 11) is 0. The van der Waals surface area contributed by atoms with Crippen LogP contribution in [0.25, 0.3) is 0 Å². The molecule has 0 N–H and O–H groups in total. The number of benzene rings is 1. The Bertz CT molecular complexity index is 619. The molecule has 0 heterocycles. The smallest absolute Gasteiger partial charge is 0.314 e. The Hall–Kier alpha value is -2.00. The van der Waals surface area contributed by atoms with Crippen LogP contribution < -0.4 is 4.74 Å². The largest absolute Gasteiger partial charge is 0.423 e. The van der Waals surface area contributed by atoms with E-state index in [4.69, 9.17) is 14.7 Å². The fraction of sp³-hybridized carbons (Fsp3) is 0.556. The van der Waals surface area contributed by atoms with E-state index in [-0.39, 0.29) is 12.0 Å². The molecule has 130 valence electrons. The summed E-state index contributed by atoms with van der Waals surface area (Å²) in [5.41, 5.74) is -0.419. The molecule has 0 atom stereocenters. The summed E-state index contributed by atoms with van der Waals surface area (Å²) in [5.74, 6) is -3.98. The van der Waals surface area contributed by atoms with Gasteiger partial charge < -0.3 is 9.47 Å². The average Bonchev–Trinajstić information content (AvgIpc) is 2.60. The first-order valence-electron chi connectivity index (χ1n) is 8.28. The maximum absolute atomic E-state index is 13.8. The highest BCUT2D eigenvalue weighted by Gasteiger charge is 2.29. The van der Waals surface area contributed by atoms with Gasteiger partial charge in [0.1, 0.15) is 6.07 Å². The van der Waals surface area contributed by atoms with Gasteiger partial charge in [0, 0.05) is 6.61 Å². The van der Waals surface area contributed by atoms with Gasteiger partial charge in [0.25, 0.3) is 0 Å². The summed E-state index contributed by atoms with van der Waals surface area (Å²) in [4.78, 5) is 12.1. The van der Waals surface area contributed by atoms with E-state index in [1.807, 2.05) is 0 Å². The minimum atomic E-state index is -1.31. The maximum Gasteiger partial charge on any atom is 0.314 e. The molecule has 0 spiro atoms. The van der Waals surface area contributed by atoms with E-state index in [1.165, 1.54) is 6.07 Å². The lowest BCUT2D eigenvalue weighted by Gasteiger charge is -2.27. The fourth-order valence-corrected chi connectivity index (χ4v) is 2.75. The van der Waals surface area contributed by atoms with Gasteiger partial charge in [0.15, 0.2) is 11.6 Å². The molecule has 1 aliphatic rings. The predicted octanol–water partition coefficient (Wildman–Crippen LogP) is 4.12. The van der Waals surface area contributed by atoms with Gasteiger partial charge >= 0.3 is 5.97 Å². The van der Waals surface area contributed by atoms with Crippen LogP contribution in [0.1, 0.15) is 51.0 Å². The van der Waals surface area contributed by atoms with Crippen LogP contribution in [-0.4, -0.2) is 18.7 Å². The summed E-state index contributed by atoms with van der Waals surface area (Å²) in [6.07, 6.45) is 4.98. The van der Waals surface area contributed by atoms with Gasteiger partial charge in [-0.25, -0.2) is 4.39 Å². The van der Waals surface area contributed by atoms with Crippen molar-refractivity contribution in [3.63, 3.8) is 0 Å². The topological polar surface area (TPSA) is 59.3 Å². The van der Waals surface area contributed by atoms with Crippen LogP contribution in [0.5, 0.6) is 5.75 Å². The van der Waals surface area contributed by atoms with Gasteiger partial charge in [0.05, 0.1) is 17.6 Å². The molecule has 1 fully saturated rings. The number of carbonyl (C=O) groups is 1. The van der Waals surface area contributed by atoms with Crippen LogP contribution in [0.15, 0.2) is 12.1 Å². The molecule has 1 saturated carbocycles. The van der Waals surface area contributed by atoms with Crippen molar-refractivity contribution in [1.29, 1.82) is 5.26 Å². The molecule has 1 aliphatic carbocycles. The molecule has 6 heteroatoms. The summed E-state index contributed by atoms with van der Waals surface area (Å²) in [5, 5.41) is 8.65. The Kier molecular flexibility index (Phi) is 6.68. The van der Waals surface area contributed by atoms with E-state index in [9.17, 15) is 13.6 Å². The average molecular weight is 337 g/mol. The van der Waals surface area contributed by atoms with Crippen LogP contribution in [0.3, 0.4) is 0 Å². The van der Waals surface area contributed by atoms with Crippen LogP contribution in [-0.2, 0) is 9.53 Å². The number of esters is 1. The second-order valence-corrected chi connectivity index (χ2v) is 5.97. The lowest BCUT2D eigenvalue weighted by molar-refractivity contribution is -0.141. The summed E-state index contributed by atoms with van der Waals surface area (Å²) in [6.45, 7) is 2.83. The molecule has 4 nitrogen and oxygen atoms in total. The molecule has 0 aliphatic heterocycles. The van der Waals surface area contributed by atoms with E-state index >= 15 is 0 Å². The van der Waals surface area contributed by atoms with Gasteiger partial charge in [-0.1, -0.05) is 13.3 Å². The fourth-order valence-electron chi connectivity index (χ4n) is 2.75. The number of ether oxygens (including phenoxy) is 2. The highest BCUT2D eigenvalue weighted by molar-refractivity contribution is 5.75. The van der Waals surface area contributed by atoms with Gasteiger partial charge in [-0.2, -0.15) is 9.65 Å². The zero-order chi connectivity index (χ0) is 17.5. The molecule has 0 unspecified atom stereocenters. The van der Waals surface area contributed by atoms with E-state index < -0.39 is 28.9 Å². The van der Waals surface area contributed by atoms with E-state index in [0.29, 0.717) is 12.8 Å². The first kappa shape index (κ1) is 18.3. The third-order valence-electron chi connectivity index (χ3n) is 4.24.